The van der Waals surface area contributed by atoms with Crippen molar-refractivity contribution in [3.63, 3.8) is 0 Å². The van der Waals surface area contributed by atoms with E-state index in [2.05, 4.69) is 193 Å². The highest BCUT2D eigenvalue weighted by molar-refractivity contribution is 6.18. The molecular weight excluding hydrogens is 745 g/mol. The zero-order valence-electron chi connectivity index (χ0n) is 33.0. The molecule has 11 aromatic rings. The zero-order chi connectivity index (χ0) is 40.3. The predicted molar refractivity (Wildman–Crippen MR) is 250 cm³/mol. The second kappa shape index (κ2) is 14.3. The van der Waals surface area contributed by atoms with Gasteiger partial charge in [0.25, 0.3) is 0 Å². The molecule has 1 aromatic heterocycles. The Kier molecular flexibility index (Phi) is 8.17. The van der Waals surface area contributed by atoms with Gasteiger partial charge < -0.3 is 10.1 Å². The first kappa shape index (κ1) is 34.9. The Morgan fingerprint density at radius 3 is 1.54 bits per heavy atom. The molecule has 1 aliphatic rings. The molecule has 12 rings (SSSR count). The fraction of sp³-hybridized carbons (Fsp3) is 0.0179. The molecule has 5 heteroatoms. The maximum atomic E-state index is 6.64. The number of nitrogens with zero attached hydrogens (tertiary/aromatic N) is 3. The second-order valence-electron chi connectivity index (χ2n) is 15.6. The molecule has 0 saturated heterocycles. The van der Waals surface area contributed by atoms with Crippen LogP contribution in [-0.4, -0.2) is 15.0 Å². The van der Waals surface area contributed by atoms with Crippen molar-refractivity contribution in [2.45, 2.75) is 6.23 Å². The van der Waals surface area contributed by atoms with Gasteiger partial charge in [0, 0.05) is 33.0 Å². The van der Waals surface area contributed by atoms with E-state index in [1.165, 1.54) is 21.7 Å². The largest absolute Gasteiger partial charge is 0.464 e. The molecule has 1 atom stereocenters. The van der Waals surface area contributed by atoms with Crippen LogP contribution < -0.4 is 10.1 Å². The van der Waals surface area contributed by atoms with E-state index >= 15 is 0 Å². The van der Waals surface area contributed by atoms with Crippen LogP contribution in [0.4, 0.5) is 5.69 Å². The summed E-state index contributed by atoms with van der Waals surface area (Å²) in [6.07, 6.45) is -0.246. The molecule has 0 radical (unpaired) electrons. The number of hydrogen-bond acceptors (Lipinski definition) is 5. The van der Waals surface area contributed by atoms with Gasteiger partial charge in [0.15, 0.2) is 29.5 Å². The Morgan fingerprint density at radius 2 is 0.852 bits per heavy atom. The molecule has 10 aromatic carbocycles. The third-order valence-corrected chi connectivity index (χ3v) is 12.0. The monoisotopic (exact) mass is 780 g/mol. The summed E-state index contributed by atoms with van der Waals surface area (Å²) in [5, 5.41) is 12.9. The molecule has 1 aliphatic heterocycles. The Morgan fingerprint density at radius 1 is 0.344 bits per heavy atom. The second-order valence-corrected chi connectivity index (χ2v) is 15.6. The summed E-state index contributed by atoms with van der Waals surface area (Å²) in [5.74, 6) is 2.77. The lowest BCUT2D eigenvalue weighted by Crippen LogP contribution is -2.09. The van der Waals surface area contributed by atoms with Gasteiger partial charge in [-0.05, 0) is 66.7 Å². The van der Waals surface area contributed by atoms with Crippen LogP contribution in [0.1, 0.15) is 11.8 Å². The van der Waals surface area contributed by atoms with Crippen molar-refractivity contribution in [1.82, 2.24) is 15.0 Å². The van der Waals surface area contributed by atoms with Crippen molar-refractivity contribution in [3.05, 3.63) is 212 Å². The van der Waals surface area contributed by atoms with E-state index in [-0.39, 0.29) is 6.23 Å². The van der Waals surface area contributed by atoms with E-state index in [4.69, 9.17) is 19.7 Å². The molecule has 1 N–H and O–H groups in total. The molecule has 286 valence electrons. The van der Waals surface area contributed by atoms with Crippen molar-refractivity contribution in [3.8, 4) is 62.2 Å². The Hall–Kier alpha value is -8.15. The number of benzene rings is 10. The van der Waals surface area contributed by atoms with Crippen molar-refractivity contribution in [2.75, 3.05) is 5.32 Å². The lowest BCUT2D eigenvalue weighted by Gasteiger charge is -2.13. The number of nitrogens with one attached hydrogen (secondary N) is 1. The average Bonchev–Trinajstić information content (AvgIpc) is 3.80. The molecule has 1 unspecified atom stereocenters. The molecule has 61 heavy (non-hydrogen) atoms. The Labute approximate surface area is 352 Å². The smallest absolute Gasteiger partial charge is 0.196 e. The van der Waals surface area contributed by atoms with Crippen LogP contribution in [-0.2, 0) is 0 Å². The number of aromatic nitrogens is 3. The molecular formula is C56H36N4O. The van der Waals surface area contributed by atoms with Gasteiger partial charge >= 0.3 is 0 Å². The summed E-state index contributed by atoms with van der Waals surface area (Å²) in [4.78, 5) is 15.4. The quantitative estimate of drug-likeness (QED) is 0.170. The van der Waals surface area contributed by atoms with Crippen molar-refractivity contribution in [2.24, 2.45) is 0 Å². The lowest BCUT2D eigenvalue weighted by molar-refractivity contribution is 0.262. The van der Waals surface area contributed by atoms with E-state index in [1.54, 1.807) is 0 Å². The first-order chi connectivity index (χ1) is 30.2. The highest BCUT2D eigenvalue weighted by atomic mass is 16.5. The topological polar surface area (TPSA) is 59.9 Å². The van der Waals surface area contributed by atoms with Gasteiger partial charge in [-0.15, -0.1) is 0 Å². The number of fused-ring (bicyclic) bond motifs is 8. The van der Waals surface area contributed by atoms with E-state index in [0.29, 0.717) is 17.5 Å². The SMILES string of the molecule is c1ccc(C2Nc3c(c4ccc(-c5ccc(-c6nc(-c7ccc(-c8cccc9ccccc89)cc7)nc(-c7cccc8ccccc78)n6)cc5)cc4c4ccccc34)O2)cc1. The van der Waals surface area contributed by atoms with Crippen LogP contribution in [0.3, 0.4) is 0 Å². The highest BCUT2D eigenvalue weighted by Gasteiger charge is 2.28. The van der Waals surface area contributed by atoms with Gasteiger partial charge in [0.1, 0.15) is 0 Å². The van der Waals surface area contributed by atoms with Crippen LogP contribution in [0, 0.1) is 0 Å². The lowest BCUT2D eigenvalue weighted by atomic mass is 9.95. The first-order valence-corrected chi connectivity index (χ1v) is 20.6. The summed E-state index contributed by atoms with van der Waals surface area (Å²) in [6, 6.07) is 72.3. The van der Waals surface area contributed by atoms with Crippen LogP contribution in [0.2, 0.25) is 0 Å². The number of hydrogen-bond donors (Lipinski definition) is 1. The van der Waals surface area contributed by atoms with Crippen molar-refractivity contribution >= 4 is 48.8 Å². The normalized spacial score (nSPS) is 13.3. The molecule has 0 aliphatic carbocycles. The molecule has 5 nitrogen and oxygen atoms in total. The van der Waals surface area contributed by atoms with Crippen LogP contribution in [0.15, 0.2) is 206 Å². The number of anilines is 1. The van der Waals surface area contributed by atoms with E-state index in [1.807, 2.05) is 18.2 Å². The van der Waals surface area contributed by atoms with Crippen LogP contribution >= 0.6 is 0 Å². The molecule has 0 saturated carbocycles. The standard InChI is InChI=1S/C56H36N4O/c1-2-14-41(15-3-1)56-57-51-47-21-9-8-20-46(47)50-34-42(32-33-48(50)52(51)61-56)35-24-28-39(29-25-35)53-58-54(60-55(59-53)49-23-11-17-37-13-5-7-19-45(37)49)40-30-26-38(27-31-40)44-22-10-16-36-12-4-6-18-43(36)44/h1-34,56-57H. The van der Waals surface area contributed by atoms with Gasteiger partial charge in [-0.3, -0.25) is 0 Å². The summed E-state index contributed by atoms with van der Waals surface area (Å²) >= 11 is 0. The van der Waals surface area contributed by atoms with E-state index < -0.39 is 0 Å². The van der Waals surface area contributed by atoms with Crippen molar-refractivity contribution < 1.29 is 4.74 Å². The average molecular weight is 781 g/mol. The molecule has 2 heterocycles. The molecule has 0 amide bonds. The maximum absolute atomic E-state index is 6.64. The number of rotatable bonds is 6. The van der Waals surface area contributed by atoms with Gasteiger partial charge in [0.2, 0.25) is 0 Å². The summed E-state index contributed by atoms with van der Waals surface area (Å²) < 4.78 is 6.64. The summed E-state index contributed by atoms with van der Waals surface area (Å²) in [5.41, 5.74) is 9.50. The molecule has 0 fully saturated rings. The molecule has 0 spiro atoms. The number of ether oxygens (including phenoxy) is 1. The van der Waals surface area contributed by atoms with Gasteiger partial charge in [0.05, 0.1) is 5.69 Å². The van der Waals surface area contributed by atoms with Crippen molar-refractivity contribution in [1.29, 1.82) is 0 Å². The maximum Gasteiger partial charge on any atom is 0.196 e. The van der Waals surface area contributed by atoms with Gasteiger partial charge in [-0.25, -0.2) is 15.0 Å². The van der Waals surface area contributed by atoms with Crippen LogP contribution in [0.25, 0.3) is 99.5 Å². The third kappa shape index (κ3) is 6.06. The summed E-state index contributed by atoms with van der Waals surface area (Å²) in [7, 11) is 0. The highest BCUT2D eigenvalue weighted by Crippen LogP contribution is 2.49. The fourth-order valence-corrected chi connectivity index (χ4v) is 8.92. The third-order valence-electron chi connectivity index (χ3n) is 12.0. The first-order valence-electron chi connectivity index (χ1n) is 20.6. The predicted octanol–water partition coefficient (Wildman–Crippen LogP) is 14.3. The Balaban J connectivity index is 0.933. The van der Waals surface area contributed by atoms with Gasteiger partial charge in [-0.1, -0.05) is 194 Å². The summed E-state index contributed by atoms with van der Waals surface area (Å²) in [6.45, 7) is 0. The minimum absolute atomic E-state index is 0.246. The minimum Gasteiger partial charge on any atom is -0.464 e. The molecule has 0 bridgehead atoms. The zero-order valence-corrected chi connectivity index (χ0v) is 33.0. The van der Waals surface area contributed by atoms with Crippen LogP contribution in [0.5, 0.6) is 5.75 Å². The van der Waals surface area contributed by atoms with Gasteiger partial charge in [-0.2, -0.15) is 0 Å². The van der Waals surface area contributed by atoms with E-state index in [0.717, 1.165) is 77.3 Å². The Bertz CT molecular complexity index is 3460. The fourth-order valence-electron chi connectivity index (χ4n) is 8.92. The van der Waals surface area contributed by atoms with E-state index in [9.17, 15) is 0 Å². The minimum atomic E-state index is -0.246.